The number of carbonyl (C=O) groups is 1. The van der Waals surface area contributed by atoms with E-state index in [0.717, 1.165) is 12.8 Å². The van der Waals surface area contributed by atoms with Crippen LogP contribution in [0.3, 0.4) is 0 Å². The standard InChI is InChI=1S/C16H30O2.K.H/c1-2-3-4-5-6-7-8-9-10-11-12-13-14-15-16(17)18;;/h14-15H,2-13H2,1H3,(H,17,18);;. The second-order valence-electron chi connectivity index (χ2n) is 5.06. The topological polar surface area (TPSA) is 37.3 Å². The van der Waals surface area contributed by atoms with Crippen molar-refractivity contribution in [2.45, 2.75) is 84.0 Å². The summed E-state index contributed by atoms with van der Waals surface area (Å²) in [7, 11) is 0. The molecule has 0 aliphatic rings. The quantitative estimate of drug-likeness (QED) is 0.304. The van der Waals surface area contributed by atoms with Gasteiger partial charge < -0.3 is 5.11 Å². The molecule has 0 heterocycles. The molecule has 0 aliphatic carbocycles. The fraction of sp³-hybridized carbons (Fsp3) is 0.812. The minimum absolute atomic E-state index is 0. The Bertz CT molecular complexity index is 215. The van der Waals surface area contributed by atoms with Gasteiger partial charge in [0.15, 0.2) is 0 Å². The monoisotopic (exact) mass is 294 g/mol. The first kappa shape index (κ1) is 22.1. The third kappa shape index (κ3) is 21.3. The van der Waals surface area contributed by atoms with Gasteiger partial charge in [0, 0.05) is 6.08 Å². The van der Waals surface area contributed by atoms with Crippen LogP contribution in [0.15, 0.2) is 12.2 Å². The molecule has 0 aromatic heterocycles. The van der Waals surface area contributed by atoms with E-state index in [1.54, 1.807) is 6.08 Å². The van der Waals surface area contributed by atoms with Crippen LogP contribution < -0.4 is 0 Å². The number of carboxylic acids is 1. The Hall–Kier alpha value is 0.846. The fourth-order valence-corrected chi connectivity index (χ4v) is 2.11. The molecular formula is C16H31KO2. The average molecular weight is 295 g/mol. The molecule has 0 aromatic carbocycles. The molecule has 0 rings (SSSR count). The Labute approximate surface area is 161 Å². The van der Waals surface area contributed by atoms with Gasteiger partial charge in [0.05, 0.1) is 0 Å². The predicted molar refractivity (Wildman–Crippen MR) is 85.0 cm³/mol. The molecule has 2 nitrogen and oxygen atoms in total. The van der Waals surface area contributed by atoms with Gasteiger partial charge in [-0.15, -0.1) is 0 Å². The third-order valence-electron chi connectivity index (χ3n) is 3.23. The molecule has 0 aromatic rings. The maximum atomic E-state index is 10.2. The average Bonchev–Trinajstić information content (AvgIpc) is 2.34. The van der Waals surface area contributed by atoms with Gasteiger partial charge in [0.25, 0.3) is 0 Å². The van der Waals surface area contributed by atoms with E-state index < -0.39 is 5.97 Å². The van der Waals surface area contributed by atoms with E-state index in [1.165, 1.54) is 70.3 Å². The number of unbranched alkanes of at least 4 members (excludes halogenated alkanes) is 11. The molecule has 0 fully saturated rings. The van der Waals surface area contributed by atoms with Gasteiger partial charge in [-0.1, -0.05) is 77.2 Å². The van der Waals surface area contributed by atoms with E-state index in [-0.39, 0.29) is 51.4 Å². The maximum absolute atomic E-state index is 10.2. The zero-order chi connectivity index (χ0) is 13.5. The molecule has 3 heteroatoms. The predicted octanol–water partition coefficient (Wildman–Crippen LogP) is 4.68. The molecule has 0 radical (unpaired) electrons. The SMILES string of the molecule is CCCCCCCCCCCCCC=CC(=O)O.[KH]. The molecule has 0 spiro atoms. The van der Waals surface area contributed by atoms with Crippen molar-refractivity contribution in [2.24, 2.45) is 0 Å². The first-order valence-electron chi connectivity index (χ1n) is 7.67. The number of hydrogen-bond acceptors (Lipinski definition) is 1. The zero-order valence-corrected chi connectivity index (χ0v) is 12.0. The number of allylic oxidation sites excluding steroid dienone is 1. The minimum atomic E-state index is -0.835. The second-order valence-corrected chi connectivity index (χ2v) is 5.06. The van der Waals surface area contributed by atoms with Crippen molar-refractivity contribution < 1.29 is 9.90 Å². The number of hydrogen-bond donors (Lipinski definition) is 1. The third-order valence-corrected chi connectivity index (χ3v) is 3.23. The molecule has 19 heavy (non-hydrogen) atoms. The van der Waals surface area contributed by atoms with Gasteiger partial charge in [0.2, 0.25) is 0 Å². The van der Waals surface area contributed by atoms with Crippen molar-refractivity contribution >= 4 is 57.4 Å². The summed E-state index contributed by atoms with van der Waals surface area (Å²) >= 11 is 0. The van der Waals surface area contributed by atoms with Gasteiger partial charge >= 0.3 is 57.4 Å². The van der Waals surface area contributed by atoms with E-state index in [9.17, 15) is 4.79 Å². The van der Waals surface area contributed by atoms with Crippen LogP contribution in [0.5, 0.6) is 0 Å². The molecule has 0 amide bonds. The molecule has 0 atom stereocenters. The summed E-state index contributed by atoms with van der Waals surface area (Å²) in [6.45, 7) is 2.26. The van der Waals surface area contributed by atoms with Crippen molar-refractivity contribution in [1.82, 2.24) is 0 Å². The summed E-state index contributed by atoms with van der Waals surface area (Å²) in [6.07, 6.45) is 18.6. The van der Waals surface area contributed by atoms with E-state index >= 15 is 0 Å². The number of aliphatic carboxylic acids is 1. The van der Waals surface area contributed by atoms with Crippen LogP contribution in [0.1, 0.15) is 84.0 Å². The van der Waals surface area contributed by atoms with Crippen LogP contribution in [0.25, 0.3) is 0 Å². The molecule has 0 bridgehead atoms. The van der Waals surface area contributed by atoms with Gasteiger partial charge in [0.1, 0.15) is 0 Å². The summed E-state index contributed by atoms with van der Waals surface area (Å²) in [5.41, 5.74) is 0. The normalized spacial score (nSPS) is 10.6. The van der Waals surface area contributed by atoms with Crippen LogP contribution in [-0.2, 0) is 4.79 Å². The van der Waals surface area contributed by atoms with E-state index in [4.69, 9.17) is 5.11 Å². The summed E-state index contributed by atoms with van der Waals surface area (Å²) < 4.78 is 0. The molecule has 0 saturated carbocycles. The van der Waals surface area contributed by atoms with Crippen molar-refractivity contribution in [1.29, 1.82) is 0 Å². The Morgan fingerprint density at radius 1 is 0.842 bits per heavy atom. The van der Waals surface area contributed by atoms with Crippen LogP contribution in [0.4, 0.5) is 0 Å². The van der Waals surface area contributed by atoms with Crippen molar-refractivity contribution in [3.8, 4) is 0 Å². The molecule has 0 aliphatic heterocycles. The molecular weight excluding hydrogens is 263 g/mol. The molecule has 0 unspecified atom stereocenters. The van der Waals surface area contributed by atoms with Crippen molar-refractivity contribution in [3.63, 3.8) is 0 Å². The summed E-state index contributed by atoms with van der Waals surface area (Å²) in [6, 6.07) is 0. The fourth-order valence-electron chi connectivity index (χ4n) is 2.11. The Morgan fingerprint density at radius 3 is 1.68 bits per heavy atom. The van der Waals surface area contributed by atoms with Crippen LogP contribution in [-0.4, -0.2) is 62.5 Å². The summed E-state index contributed by atoms with van der Waals surface area (Å²) in [5, 5.41) is 8.40. The van der Waals surface area contributed by atoms with Crippen LogP contribution >= 0.6 is 0 Å². The molecule has 0 saturated heterocycles. The second kappa shape index (κ2) is 18.8. The summed E-state index contributed by atoms with van der Waals surface area (Å²) in [5.74, 6) is -0.835. The molecule has 108 valence electrons. The van der Waals surface area contributed by atoms with Crippen LogP contribution in [0, 0.1) is 0 Å². The Balaban J connectivity index is 0. The first-order chi connectivity index (χ1) is 8.77. The van der Waals surface area contributed by atoms with E-state index in [1.807, 2.05) is 0 Å². The van der Waals surface area contributed by atoms with E-state index in [0.29, 0.717) is 0 Å². The first-order valence-corrected chi connectivity index (χ1v) is 7.67. The molecule has 1 N–H and O–H groups in total. The zero-order valence-electron chi connectivity index (χ0n) is 12.0. The number of carboxylic acid groups (broad SMARTS) is 1. The van der Waals surface area contributed by atoms with Gasteiger partial charge in [-0.05, 0) is 12.8 Å². The van der Waals surface area contributed by atoms with Gasteiger partial charge in [-0.25, -0.2) is 4.79 Å². The number of rotatable bonds is 13. The van der Waals surface area contributed by atoms with Gasteiger partial charge in [-0.3, -0.25) is 0 Å². The van der Waals surface area contributed by atoms with Crippen molar-refractivity contribution in [3.05, 3.63) is 12.2 Å². The van der Waals surface area contributed by atoms with E-state index in [2.05, 4.69) is 6.92 Å². The van der Waals surface area contributed by atoms with Crippen LogP contribution in [0.2, 0.25) is 0 Å². The Kier molecular flexibility index (Phi) is 22.0. The Morgan fingerprint density at radius 2 is 1.26 bits per heavy atom. The summed E-state index contributed by atoms with van der Waals surface area (Å²) in [4.78, 5) is 10.2. The van der Waals surface area contributed by atoms with Gasteiger partial charge in [-0.2, -0.15) is 0 Å². The van der Waals surface area contributed by atoms with Crippen molar-refractivity contribution in [2.75, 3.05) is 0 Å².